The molecule has 0 saturated carbocycles. The van der Waals surface area contributed by atoms with Crippen LogP contribution < -0.4 is 19.8 Å². The van der Waals surface area contributed by atoms with E-state index in [2.05, 4.69) is 26.0 Å². The molecule has 0 bridgehead atoms. The predicted octanol–water partition coefficient (Wildman–Crippen LogP) is 3.91. The highest BCUT2D eigenvalue weighted by Gasteiger charge is 2.14. The van der Waals surface area contributed by atoms with Gasteiger partial charge in [0.25, 0.3) is 5.56 Å². The number of hydrogen-bond donors (Lipinski definition) is 0. The Balaban J connectivity index is 2.10. The van der Waals surface area contributed by atoms with Gasteiger partial charge >= 0.3 is 0 Å². The monoisotopic (exact) mass is 484 g/mol. The molecule has 0 atom stereocenters. The summed E-state index contributed by atoms with van der Waals surface area (Å²) in [5.41, 5.74) is 1.01. The number of nitriles is 1. The molecule has 160 valence electrons. The summed E-state index contributed by atoms with van der Waals surface area (Å²) in [6.07, 6.45) is 2.95. The average molecular weight is 485 g/mol. The van der Waals surface area contributed by atoms with Gasteiger partial charge in [0.1, 0.15) is 11.9 Å². The molecule has 0 spiro atoms. The largest absolute Gasteiger partial charge is 0.493 e. The summed E-state index contributed by atoms with van der Waals surface area (Å²) in [6, 6.07) is 10.7. The van der Waals surface area contributed by atoms with Gasteiger partial charge in [-0.2, -0.15) is 15.0 Å². The van der Waals surface area contributed by atoms with E-state index in [1.165, 1.54) is 25.1 Å². The summed E-state index contributed by atoms with van der Waals surface area (Å²) in [4.78, 5) is 17.7. The molecule has 1 aromatic heterocycles. The molecule has 0 unspecified atom stereocenters. The third kappa shape index (κ3) is 4.86. The number of aryl methyl sites for hydroxylation is 1. The van der Waals surface area contributed by atoms with Gasteiger partial charge in [-0.3, -0.25) is 4.79 Å². The second-order valence-corrected chi connectivity index (χ2v) is 7.42. The number of methoxy groups -OCH3 is 2. The van der Waals surface area contributed by atoms with Crippen LogP contribution in [-0.2, 0) is 6.42 Å². The number of halogens is 1. The minimum atomic E-state index is -0.251. The van der Waals surface area contributed by atoms with Crippen LogP contribution in [0.4, 0.5) is 0 Å². The maximum atomic E-state index is 13.1. The normalized spacial score (nSPS) is 10.9. The Labute approximate surface area is 187 Å². The van der Waals surface area contributed by atoms with Crippen LogP contribution in [0.15, 0.2) is 44.7 Å². The van der Waals surface area contributed by atoms with Crippen molar-refractivity contribution in [2.45, 2.75) is 19.8 Å². The highest BCUT2D eigenvalue weighted by Crippen LogP contribution is 2.38. The van der Waals surface area contributed by atoms with Crippen molar-refractivity contribution in [2.24, 2.45) is 5.10 Å². The van der Waals surface area contributed by atoms with Crippen LogP contribution in [0.2, 0.25) is 0 Å². The van der Waals surface area contributed by atoms with E-state index in [1.54, 1.807) is 18.2 Å². The Morgan fingerprint density at radius 2 is 1.94 bits per heavy atom. The minimum absolute atomic E-state index is 0.145. The van der Waals surface area contributed by atoms with Crippen molar-refractivity contribution in [3.05, 3.63) is 56.5 Å². The average Bonchev–Trinajstić information content (AvgIpc) is 2.77. The summed E-state index contributed by atoms with van der Waals surface area (Å²) in [5, 5.41) is 13.7. The predicted molar refractivity (Wildman–Crippen MR) is 121 cm³/mol. The second-order valence-electron chi connectivity index (χ2n) is 6.50. The van der Waals surface area contributed by atoms with Crippen molar-refractivity contribution < 1.29 is 14.2 Å². The molecule has 0 fully saturated rings. The molecule has 0 aliphatic carbocycles. The van der Waals surface area contributed by atoms with Crippen LogP contribution in [0, 0.1) is 11.3 Å². The first-order valence-corrected chi connectivity index (χ1v) is 10.3. The molecule has 0 aliphatic rings. The molecular weight excluding hydrogens is 464 g/mol. The van der Waals surface area contributed by atoms with Gasteiger partial charge in [0.05, 0.1) is 31.3 Å². The molecule has 1 heterocycles. The Hall–Kier alpha value is -3.38. The smallest absolute Gasteiger partial charge is 0.282 e. The number of ether oxygens (including phenoxy) is 3. The number of rotatable bonds is 8. The second kappa shape index (κ2) is 10.1. The summed E-state index contributed by atoms with van der Waals surface area (Å²) < 4.78 is 18.3. The molecule has 9 heteroatoms. The van der Waals surface area contributed by atoms with Gasteiger partial charge in [0.15, 0.2) is 18.1 Å². The maximum Gasteiger partial charge on any atom is 0.282 e. The zero-order chi connectivity index (χ0) is 22.4. The lowest BCUT2D eigenvalue weighted by Gasteiger charge is -2.13. The van der Waals surface area contributed by atoms with Crippen LogP contribution in [0.5, 0.6) is 17.2 Å². The molecule has 0 amide bonds. The first-order chi connectivity index (χ1) is 15.0. The van der Waals surface area contributed by atoms with Gasteiger partial charge in [-0.1, -0.05) is 22.9 Å². The first-order valence-electron chi connectivity index (χ1n) is 9.53. The summed E-state index contributed by atoms with van der Waals surface area (Å²) in [5.74, 6) is 1.67. The van der Waals surface area contributed by atoms with E-state index in [-0.39, 0.29) is 12.2 Å². The molecular formula is C22H21BrN4O4. The minimum Gasteiger partial charge on any atom is -0.493 e. The Morgan fingerprint density at radius 1 is 1.23 bits per heavy atom. The van der Waals surface area contributed by atoms with Crippen LogP contribution in [0.25, 0.3) is 10.9 Å². The van der Waals surface area contributed by atoms with Crippen molar-refractivity contribution in [1.82, 2.24) is 9.66 Å². The van der Waals surface area contributed by atoms with Crippen molar-refractivity contribution in [3.8, 4) is 23.3 Å². The van der Waals surface area contributed by atoms with Crippen molar-refractivity contribution in [3.63, 3.8) is 0 Å². The van der Waals surface area contributed by atoms with E-state index in [0.29, 0.717) is 46.0 Å². The van der Waals surface area contributed by atoms with Gasteiger partial charge < -0.3 is 14.2 Å². The molecule has 0 radical (unpaired) electrons. The van der Waals surface area contributed by atoms with E-state index in [1.807, 2.05) is 25.1 Å². The third-order valence-electron chi connectivity index (χ3n) is 4.44. The fourth-order valence-corrected chi connectivity index (χ4v) is 3.41. The van der Waals surface area contributed by atoms with Crippen molar-refractivity contribution >= 4 is 33.0 Å². The van der Waals surface area contributed by atoms with Crippen LogP contribution >= 0.6 is 15.9 Å². The molecule has 0 aliphatic heterocycles. The number of hydrogen-bond acceptors (Lipinski definition) is 7. The van der Waals surface area contributed by atoms with E-state index < -0.39 is 0 Å². The fourth-order valence-electron chi connectivity index (χ4n) is 3.05. The van der Waals surface area contributed by atoms with Gasteiger partial charge in [0.2, 0.25) is 5.75 Å². The zero-order valence-corrected chi connectivity index (χ0v) is 19.0. The van der Waals surface area contributed by atoms with Gasteiger partial charge in [-0.05, 0) is 36.8 Å². The topological polar surface area (TPSA) is 98.7 Å². The van der Waals surface area contributed by atoms with Crippen LogP contribution in [0.3, 0.4) is 0 Å². The Morgan fingerprint density at radius 3 is 2.55 bits per heavy atom. The lowest BCUT2D eigenvalue weighted by molar-refractivity contribution is 0.303. The van der Waals surface area contributed by atoms with E-state index in [4.69, 9.17) is 19.5 Å². The molecule has 3 aromatic rings. The molecule has 3 rings (SSSR count). The standard InChI is InChI=1S/C22H21BrN4O4/c1-4-5-20-26-17-7-6-15(23)12-16(17)22(28)27(20)25-13-14-10-18(29-2)21(31-9-8-24)19(11-14)30-3/h6-7,10-13H,4-5,9H2,1-3H3. The Bertz CT molecular complexity index is 1210. The van der Waals surface area contributed by atoms with Gasteiger partial charge in [-0.15, -0.1) is 0 Å². The molecule has 2 aromatic carbocycles. The van der Waals surface area contributed by atoms with Crippen LogP contribution in [0.1, 0.15) is 24.7 Å². The quantitative estimate of drug-likeness (QED) is 0.449. The lowest BCUT2D eigenvalue weighted by atomic mass is 10.2. The van der Waals surface area contributed by atoms with Crippen molar-refractivity contribution in [1.29, 1.82) is 5.26 Å². The number of benzene rings is 2. The van der Waals surface area contributed by atoms with Crippen LogP contribution in [-0.4, -0.2) is 36.7 Å². The number of nitrogens with zero attached hydrogens (tertiary/aromatic N) is 4. The lowest BCUT2D eigenvalue weighted by Crippen LogP contribution is -2.22. The highest BCUT2D eigenvalue weighted by molar-refractivity contribution is 9.10. The number of fused-ring (bicyclic) bond motifs is 1. The van der Waals surface area contributed by atoms with Crippen molar-refractivity contribution in [2.75, 3.05) is 20.8 Å². The molecule has 0 N–H and O–H groups in total. The first kappa shape index (κ1) is 22.3. The van der Waals surface area contributed by atoms with E-state index in [9.17, 15) is 4.79 Å². The van der Waals surface area contributed by atoms with E-state index in [0.717, 1.165) is 10.9 Å². The summed E-state index contributed by atoms with van der Waals surface area (Å²) in [6.45, 7) is 1.87. The third-order valence-corrected chi connectivity index (χ3v) is 4.93. The maximum absolute atomic E-state index is 13.1. The fraction of sp³-hybridized carbons (Fsp3) is 0.273. The SMILES string of the molecule is CCCc1nc2ccc(Br)cc2c(=O)n1N=Cc1cc(OC)c(OCC#N)c(OC)c1. The highest BCUT2D eigenvalue weighted by atomic mass is 79.9. The summed E-state index contributed by atoms with van der Waals surface area (Å²) >= 11 is 3.40. The van der Waals surface area contributed by atoms with Gasteiger partial charge in [-0.25, -0.2) is 4.98 Å². The molecule has 31 heavy (non-hydrogen) atoms. The molecule has 0 saturated heterocycles. The summed E-state index contributed by atoms with van der Waals surface area (Å²) in [7, 11) is 2.98. The zero-order valence-electron chi connectivity index (χ0n) is 17.4. The van der Waals surface area contributed by atoms with Gasteiger partial charge in [0, 0.05) is 16.5 Å². The van der Waals surface area contributed by atoms with E-state index >= 15 is 0 Å². The Kier molecular flexibility index (Phi) is 7.26. The number of aromatic nitrogens is 2. The molecule has 8 nitrogen and oxygen atoms in total.